The standard InChI is InChI=1S/C49H75N7O15/c1-17-34(58)52-35(39(59)24(2)3)47(65)70-40(25(4)5)36-46(64)56(15)38(30(11)68-16)49(67)71-41(26(6)7)37(51-31(12)57)48(66)69-33(23-32-21-19-18-20-22-32)45(63)55(14)28(9)42(60)50-27(8)44(62)54(13)29(10)43(61)53-36/h18-22,24-27,29-30,33,35-41,59H,9,17,23H2,1-8,10-16H3,(H,50,60)(H,51,57)(H,52,58)(H,53,61)/t27-,29-,30+,33+,35-,36-,37?,38?,39+,40+,41+/m0/s1. The van der Waals surface area contributed by atoms with E-state index in [0.29, 0.717) is 5.56 Å². The third kappa shape index (κ3) is 16.3. The lowest BCUT2D eigenvalue weighted by Gasteiger charge is -2.39. The summed E-state index contributed by atoms with van der Waals surface area (Å²) in [7, 11) is 4.88. The Morgan fingerprint density at radius 2 is 1.42 bits per heavy atom. The third-order valence-electron chi connectivity index (χ3n) is 12.2. The highest BCUT2D eigenvalue weighted by atomic mass is 16.6. The van der Waals surface area contributed by atoms with Crippen molar-refractivity contribution in [2.24, 2.45) is 17.8 Å². The molecule has 1 saturated heterocycles. The molecule has 1 heterocycles. The lowest BCUT2D eigenvalue weighted by molar-refractivity contribution is -0.177. The number of hydrogen-bond donors (Lipinski definition) is 5. The van der Waals surface area contributed by atoms with Crippen molar-refractivity contribution in [1.82, 2.24) is 36.0 Å². The van der Waals surface area contributed by atoms with Crippen molar-refractivity contribution >= 4 is 59.3 Å². The molecule has 0 spiro atoms. The molecule has 0 saturated carbocycles. The van der Waals surface area contributed by atoms with E-state index in [0.717, 1.165) is 21.6 Å². The summed E-state index contributed by atoms with van der Waals surface area (Å²) in [6.07, 6.45) is -7.75. The van der Waals surface area contributed by atoms with E-state index in [-0.39, 0.29) is 12.8 Å². The van der Waals surface area contributed by atoms with Gasteiger partial charge in [-0.05, 0) is 44.1 Å². The number of rotatable bonds is 14. The molecule has 5 N–H and O–H groups in total. The zero-order valence-corrected chi connectivity index (χ0v) is 43.6. The van der Waals surface area contributed by atoms with E-state index in [1.165, 1.54) is 55.9 Å². The molecule has 0 aliphatic carbocycles. The number of nitrogens with zero attached hydrogens (tertiary/aromatic N) is 3. The first-order valence-corrected chi connectivity index (χ1v) is 23.6. The molecule has 1 aromatic rings. The van der Waals surface area contributed by atoms with Gasteiger partial charge in [-0.2, -0.15) is 0 Å². The van der Waals surface area contributed by atoms with Crippen molar-refractivity contribution in [2.45, 2.75) is 156 Å². The zero-order chi connectivity index (χ0) is 54.3. The van der Waals surface area contributed by atoms with Gasteiger partial charge in [-0.3, -0.25) is 33.6 Å². The highest BCUT2D eigenvalue weighted by molar-refractivity contribution is 6.01. The Hall–Kier alpha value is -6.42. The Labute approximate surface area is 416 Å². The third-order valence-corrected chi connectivity index (χ3v) is 12.2. The van der Waals surface area contributed by atoms with Gasteiger partial charge in [0.1, 0.15) is 36.0 Å². The normalized spacial score (nSPS) is 24.7. The van der Waals surface area contributed by atoms with E-state index in [9.17, 15) is 48.3 Å². The van der Waals surface area contributed by atoms with E-state index >= 15 is 4.79 Å². The van der Waals surface area contributed by atoms with Crippen LogP contribution in [0.5, 0.6) is 0 Å². The topological polar surface area (TPSA) is 286 Å². The zero-order valence-electron chi connectivity index (χ0n) is 43.6. The molecular weight excluding hydrogens is 927 g/mol. The summed E-state index contributed by atoms with van der Waals surface area (Å²) in [6, 6.07) is -1.31. The van der Waals surface area contributed by atoms with E-state index in [1.807, 2.05) is 0 Å². The van der Waals surface area contributed by atoms with Crippen LogP contribution < -0.4 is 21.3 Å². The molecule has 22 nitrogen and oxygen atoms in total. The Balaban J connectivity index is 2.97. The quantitative estimate of drug-likeness (QED) is 0.0957. The number of cyclic esters (lactones) is 2. The first kappa shape index (κ1) is 60.7. The van der Waals surface area contributed by atoms with E-state index in [2.05, 4.69) is 27.8 Å². The second-order valence-corrected chi connectivity index (χ2v) is 18.7. The van der Waals surface area contributed by atoms with Crippen molar-refractivity contribution in [3.05, 3.63) is 48.2 Å². The van der Waals surface area contributed by atoms with Gasteiger partial charge in [0.2, 0.25) is 29.5 Å². The summed E-state index contributed by atoms with van der Waals surface area (Å²) in [5.74, 6) is -11.8. The Bertz CT molecular complexity index is 2100. The van der Waals surface area contributed by atoms with Gasteiger partial charge in [0, 0.05) is 48.0 Å². The van der Waals surface area contributed by atoms with Crippen LogP contribution in [0.4, 0.5) is 0 Å². The van der Waals surface area contributed by atoms with Crippen LogP contribution in [0.3, 0.4) is 0 Å². The number of nitrogens with one attached hydrogen (secondary N) is 4. The van der Waals surface area contributed by atoms with E-state index in [4.69, 9.17) is 18.9 Å². The minimum absolute atomic E-state index is 0.0591. The molecule has 2 unspecified atom stereocenters. The van der Waals surface area contributed by atoms with Crippen LogP contribution in [0, 0.1) is 17.8 Å². The van der Waals surface area contributed by atoms with Gasteiger partial charge in [0.25, 0.3) is 11.8 Å². The Morgan fingerprint density at radius 3 is 1.93 bits per heavy atom. The molecule has 0 bridgehead atoms. The summed E-state index contributed by atoms with van der Waals surface area (Å²) < 4.78 is 23.4. The van der Waals surface area contributed by atoms with E-state index < -0.39 is 149 Å². The van der Waals surface area contributed by atoms with Crippen LogP contribution in [0.25, 0.3) is 0 Å². The average Bonchev–Trinajstić information content (AvgIpc) is 3.32. The fraction of sp³-hybridized carbons (Fsp3) is 0.633. The second-order valence-electron chi connectivity index (χ2n) is 18.7. The van der Waals surface area contributed by atoms with Crippen LogP contribution in [0.2, 0.25) is 0 Å². The van der Waals surface area contributed by atoms with Crippen molar-refractivity contribution in [3.8, 4) is 0 Å². The van der Waals surface area contributed by atoms with E-state index in [1.54, 1.807) is 71.9 Å². The number of aliphatic hydroxyl groups is 1. The largest absolute Gasteiger partial charge is 0.458 e. The number of benzene rings is 1. The van der Waals surface area contributed by atoms with Crippen molar-refractivity contribution in [2.75, 3.05) is 28.3 Å². The van der Waals surface area contributed by atoms with Gasteiger partial charge < -0.3 is 60.0 Å². The van der Waals surface area contributed by atoms with Gasteiger partial charge >= 0.3 is 17.9 Å². The summed E-state index contributed by atoms with van der Waals surface area (Å²) in [6.45, 7) is 19.9. The Morgan fingerprint density at radius 1 is 0.831 bits per heavy atom. The number of ether oxygens (including phenoxy) is 4. The minimum atomic E-state index is -1.86. The molecule has 1 aliphatic heterocycles. The number of amides is 7. The molecule has 11 atom stereocenters. The van der Waals surface area contributed by atoms with Gasteiger partial charge in [-0.15, -0.1) is 0 Å². The van der Waals surface area contributed by atoms with Gasteiger partial charge in [-0.25, -0.2) is 14.4 Å². The summed E-state index contributed by atoms with van der Waals surface area (Å²) in [5, 5.41) is 21.0. The minimum Gasteiger partial charge on any atom is -0.458 e. The Kier molecular flexibility index (Phi) is 23.3. The number of esters is 3. The SMILES string of the molecule is C=C1C(=O)N[C@@H](C)C(=O)N(C)[C@@H](C)C(=O)N[C@@H]([C@H](OC(=O)[C@@H](NC(=O)CC)[C@H](O)C(C)C)C(C)C)C(=O)N(C)C([C@@H](C)OC)C(=O)O[C@H](C(C)C)C(NC(C)=O)C(=O)O[C@H](Cc2ccccc2)C(=O)N1C. The summed E-state index contributed by atoms with van der Waals surface area (Å²) in [5.41, 5.74) is 0.0576. The first-order chi connectivity index (χ1) is 33.0. The fourth-order valence-electron chi connectivity index (χ4n) is 7.47. The number of likely N-dealkylation sites (N-methyl/N-ethyl adjacent to an activating group) is 3. The molecule has 7 amide bonds. The number of carbonyl (C=O) groups is 10. The highest BCUT2D eigenvalue weighted by Crippen LogP contribution is 2.23. The molecule has 2 rings (SSSR count). The maximum atomic E-state index is 15.1. The molecule has 1 aromatic carbocycles. The van der Waals surface area contributed by atoms with Crippen molar-refractivity contribution in [1.29, 1.82) is 0 Å². The predicted molar refractivity (Wildman–Crippen MR) is 257 cm³/mol. The number of methoxy groups -OCH3 is 1. The van der Waals surface area contributed by atoms with Crippen LogP contribution >= 0.6 is 0 Å². The molecule has 71 heavy (non-hydrogen) atoms. The predicted octanol–water partition coefficient (Wildman–Crippen LogP) is 0.377. The van der Waals surface area contributed by atoms with Crippen LogP contribution in [-0.4, -0.2) is 174 Å². The molecule has 22 heteroatoms. The summed E-state index contributed by atoms with van der Waals surface area (Å²) >= 11 is 0. The maximum absolute atomic E-state index is 15.1. The molecule has 1 aliphatic rings. The van der Waals surface area contributed by atoms with Crippen LogP contribution in [0.1, 0.15) is 88.1 Å². The lowest BCUT2D eigenvalue weighted by atomic mass is 9.95. The van der Waals surface area contributed by atoms with Crippen molar-refractivity contribution < 1.29 is 72.0 Å². The van der Waals surface area contributed by atoms with Gasteiger partial charge in [0.05, 0.1) is 12.2 Å². The van der Waals surface area contributed by atoms with Crippen LogP contribution in [-0.2, 0) is 73.3 Å². The van der Waals surface area contributed by atoms with Gasteiger partial charge in [-0.1, -0.05) is 85.4 Å². The maximum Gasteiger partial charge on any atom is 0.333 e. The first-order valence-electron chi connectivity index (χ1n) is 23.6. The number of aliphatic hydroxyl groups excluding tert-OH is 1. The average molecular weight is 1000 g/mol. The monoisotopic (exact) mass is 1000 g/mol. The molecule has 396 valence electrons. The smallest absolute Gasteiger partial charge is 0.333 e. The van der Waals surface area contributed by atoms with Crippen LogP contribution in [0.15, 0.2) is 42.6 Å². The second kappa shape index (κ2) is 27.3. The fourth-order valence-corrected chi connectivity index (χ4v) is 7.47. The lowest BCUT2D eigenvalue weighted by Crippen LogP contribution is -2.64. The van der Waals surface area contributed by atoms with Crippen molar-refractivity contribution in [3.63, 3.8) is 0 Å². The molecular formula is C49H75N7O15. The number of carbonyl (C=O) groups excluding carboxylic acids is 10. The molecule has 0 aromatic heterocycles. The molecule has 0 radical (unpaired) electrons. The summed E-state index contributed by atoms with van der Waals surface area (Å²) in [4.78, 5) is 142. The highest BCUT2D eigenvalue weighted by Gasteiger charge is 2.47. The number of hydrogen-bond acceptors (Lipinski definition) is 15. The van der Waals surface area contributed by atoms with Gasteiger partial charge in [0.15, 0.2) is 24.2 Å². The molecule has 1 fully saturated rings.